The smallest absolute Gasteiger partial charge is 0.321 e. The third-order valence-corrected chi connectivity index (χ3v) is 5.01. The second kappa shape index (κ2) is 9.99. The number of hydrogen-bond acceptors (Lipinski definition) is 7. The molecule has 2 heterocycles. The van der Waals surface area contributed by atoms with E-state index >= 15 is 0 Å². The lowest BCUT2D eigenvalue weighted by atomic mass is 10.3. The molecule has 0 unspecified atom stereocenters. The fourth-order valence-corrected chi connectivity index (χ4v) is 3.51. The van der Waals surface area contributed by atoms with E-state index in [2.05, 4.69) is 30.8 Å². The molecule has 0 spiro atoms. The van der Waals surface area contributed by atoms with Gasteiger partial charge < -0.3 is 20.3 Å². The molecule has 0 aliphatic heterocycles. The van der Waals surface area contributed by atoms with Crippen molar-refractivity contribution in [3.63, 3.8) is 0 Å². The predicted octanol–water partition coefficient (Wildman–Crippen LogP) is 2.92. The first kappa shape index (κ1) is 21.5. The largest absolute Gasteiger partial charge is 0.457 e. The quantitative estimate of drug-likeness (QED) is 0.476. The van der Waals surface area contributed by atoms with Gasteiger partial charge in [-0.2, -0.15) is 0 Å². The highest BCUT2D eigenvalue weighted by Crippen LogP contribution is 2.31. The normalized spacial score (nSPS) is 10.8. The number of carbonyl (C=O) groups is 2. The lowest BCUT2D eigenvalue weighted by Gasteiger charge is -2.09. The van der Waals surface area contributed by atoms with E-state index in [0.717, 1.165) is 23.2 Å². The summed E-state index contributed by atoms with van der Waals surface area (Å²) >= 11 is 1.36. The van der Waals surface area contributed by atoms with Crippen LogP contribution in [0.3, 0.4) is 0 Å². The van der Waals surface area contributed by atoms with Crippen LogP contribution < -0.4 is 20.7 Å². The fourth-order valence-electron chi connectivity index (χ4n) is 2.62. The molecule has 0 aliphatic carbocycles. The molecule has 30 heavy (non-hydrogen) atoms. The second-order valence-electron chi connectivity index (χ2n) is 6.74. The van der Waals surface area contributed by atoms with Crippen molar-refractivity contribution in [2.75, 3.05) is 39.5 Å². The molecule has 3 amide bonds. The van der Waals surface area contributed by atoms with E-state index in [0.29, 0.717) is 23.2 Å². The number of pyridine rings is 1. The topological polar surface area (TPSA) is 108 Å². The molecular weight excluding hydrogens is 404 g/mol. The molecule has 0 bridgehead atoms. The van der Waals surface area contributed by atoms with E-state index in [9.17, 15) is 9.59 Å². The van der Waals surface area contributed by atoms with E-state index < -0.39 is 0 Å². The van der Waals surface area contributed by atoms with Crippen LogP contribution >= 0.6 is 11.3 Å². The molecule has 0 fully saturated rings. The minimum Gasteiger partial charge on any atom is -0.457 e. The number of anilines is 1. The van der Waals surface area contributed by atoms with Gasteiger partial charge in [0.25, 0.3) is 5.91 Å². The van der Waals surface area contributed by atoms with Crippen LogP contribution in [0.25, 0.3) is 10.2 Å². The van der Waals surface area contributed by atoms with Gasteiger partial charge in [-0.15, -0.1) is 0 Å². The molecule has 0 aliphatic rings. The van der Waals surface area contributed by atoms with Crippen molar-refractivity contribution in [2.45, 2.75) is 6.42 Å². The summed E-state index contributed by atoms with van der Waals surface area (Å²) in [6, 6.07) is 8.42. The van der Waals surface area contributed by atoms with Gasteiger partial charge in [0, 0.05) is 31.9 Å². The predicted molar refractivity (Wildman–Crippen MR) is 118 cm³/mol. The third kappa shape index (κ3) is 5.88. The van der Waals surface area contributed by atoms with Crippen molar-refractivity contribution in [2.24, 2.45) is 0 Å². The van der Waals surface area contributed by atoms with Crippen molar-refractivity contribution >= 4 is 38.6 Å². The first-order chi connectivity index (χ1) is 14.4. The summed E-state index contributed by atoms with van der Waals surface area (Å²) in [4.78, 5) is 34.3. The molecule has 3 rings (SSSR count). The Morgan fingerprint density at radius 2 is 1.97 bits per heavy atom. The summed E-state index contributed by atoms with van der Waals surface area (Å²) in [6.45, 7) is 1.50. The van der Waals surface area contributed by atoms with Crippen LogP contribution in [0.15, 0.2) is 36.5 Å². The van der Waals surface area contributed by atoms with E-state index in [-0.39, 0.29) is 17.6 Å². The SMILES string of the molecule is CNC(=O)c1cc(Oc2ccc3nc(NC(=O)NCCCN(C)C)sc3c2)ccn1. The molecular formula is C20H24N6O3S. The number of fused-ring (bicyclic) bond motifs is 1. The van der Waals surface area contributed by atoms with E-state index in [4.69, 9.17) is 4.74 Å². The van der Waals surface area contributed by atoms with Crippen molar-refractivity contribution in [3.05, 3.63) is 42.2 Å². The van der Waals surface area contributed by atoms with Gasteiger partial charge in [0.15, 0.2) is 5.13 Å². The van der Waals surface area contributed by atoms with Gasteiger partial charge in [0.1, 0.15) is 17.2 Å². The van der Waals surface area contributed by atoms with Gasteiger partial charge in [-0.25, -0.2) is 9.78 Å². The van der Waals surface area contributed by atoms with Gasteiger partial charge in [-0.05, 0) is 45.3 Å². The number of benzene rings is 1. The van der Waals surface area contributed by atoms with Gasteiger partial charge in [0.05, 0.1) is 10.2 Å². The summed E-state index contributed by atoms with van der Waals surface area (Å²) in [7, 11) is 5.54. The Bertz CT molecular complexity index is 1040. The number of aromatic nitrogens is 2. The first-order valence-corrected chi connectivity index (χ1v) is 10.2. The molecule has 1 aromatic carbocycles. The number of thiazole rings is 1. The van der Waals surface area contributed by atoms with Gasteiger partial charge in [-0.1, -0.05) is 11.3 Å². The maximum Gasteiger partial charge on any atom is 0.321 e. The molecule has 0 radical (unpaired) electrons. The number of hydrogen-bond donors (Lipinski definition) is 3. The first-order valence-electron chi connectivity index (χ1n) is 9.41. The summed E-state index contributed by atoms with van der Waals surface area (Å²) in [6.07, 6.45) is 2.39. The molecule has 3 N–H and O–H groups in total. The number of rotatable bonds is 8. The average molecular weight is 429 g/mol. The standard InChI is InChI=1S/C20H24N6O3S/c1-21-18(27)16-11-14(7-9-22-16)29-13-5-6-15-17(12-13)30-20(24-15)25-19(28)23-8-4-10-26(2)3/h5-7,9,11-12H,4,8,10H2,1-3H3,(H,21,27)(H2,23,24,25,28). The van der Waals surface area contributed by atoms with Crippen molar-refractivity contribution in [3.8, 4) is 11.5 Å². The fraction of sp³-hybridized carbons (Fsp3) is 0.300. The Hall–Kier alpha value is -3.24. The minimum atomic E-state index is -0.283. The van der Waals surface area contributed by atoms with Crippen LogP contribution in [-0.4, -0.2) is 61.0 Å². The van der Waals surface area contributed by atoms with Gasteiger partial charge in [0.2, 0.25) is 0 Å². The summed E-state index contributed by atoms with van der Waals surface area (Å²) in [5.41, 5.74) is 1.04. The summed E-state index contributed by atoms with van der Waals surface area (Å²) in [5, 5.41) is 8.63. The van der Waals surface area contributed by atoms with E-state index in [1.807, 2.05) is 26.2 Å². The maximum atomic E-state index is 12.0. The monoisotopic (exact) mass is 428 g/mol. The Morgan fingerprint density at radius 1 is 1.17 bits per heavy atom. The molecule has 158 valence electrons. The zero-order valence-corrected chi connectivity index (χ0v) is 17.9. The highest BCUT2D eigenvalue weighted by molar-refractivity contribution is 7.22. The molecule has 10 heteroatoms. The number of amides is 3. The Balaban J connectivity index is 1.63. The van der Waals surface area contributed by atoms with E-state index in [1.54, 1.807) is 25.2 Å². The highest BCUT2D eigenvalue weighted by Gasteiger charge is 2.10. The van der Waals surface area contributed by atoms with Crippen molar-refractivity contribution in [1.29, 1.82) is 0 Å². The Kier molecular flexibility index (Phi) is 7.15. The maximum absolute atomic E-state index is 12.0. The molecule has 0 atom stereocenters. The minimum absolute atomic E-state index is 0.275. The molecule has 3 aromatic rings. The number of carbonyl (C=O) groups excluding carboxylic acids is 2. The lowest BCUT2D eigenvalue weighted by Crippen LogP contribution is -2.31. The summed E-state index contributed by atoms with van der Waals surface area (Å²) < 4.78 is 6.72. The number of ether oxygens (including phenoxy) is 1. The van der Waals surface area contributed by atoms with Crippen LogP contribution in [0.2, 0.25) is 0 Å². The number of nitrogens with zero attached hydrogens (tertiary/aromatic N) is 3. The zero-order chi connectivity index (χ0) is 21.5. The summed E-state index contributed by atoms with van der Waals surface area (Å²) in [5.74, 6) is 0.817. The van der Waals surface area contributed by atoms with Crippen LogP contribution in [-0.2, 0) is 0 Å². The molecule has 9 nitrogen and oxygen atoms in total. The lowest BCUT2D eigenvalue weighted by molar-refractivity contribution is 0.0958. The highest BCUT2D eigenvalue weighted by atomic mass is 32.1. The van der Waals surface area contributed by atoms with Crippen molar-refractivity contribution in [1.82, 2.24) is 25.5 Å². The second-order valence-corrected chi connectivity index (χ2v) is 7.77. The molecule has 0 saturated carbocycles. The molecule has 2 aromatic heterocycles. The number of urea groups is 1. The van der Waals surface area contributed by atoms with Crippen LogP contribution in [0, 0.1) is 0 Å². The third-order valence-electron chi connectivity index (χ3n) is 4.07. The average Bonchev–Trinajstić information content (AvgIpc) is 3.12. The van der Waals surface area contributed by atoms with Crippen LogP contribution in [0.4, 0.5) is 9.93 Å². The molecule has 0 saturated heterocycles. The van der Waals surface area contributed by atoms with Gasteiger partial charge >= 0.3 is 6.03 Å². The van der Waals surface area contributed by atoms with Crippen molar-refractivity contribution < 1.29 is 14.3 Å². The Morgan fingerprint density at radius 3 is 2.73 bits per heavy atom. The van der Waals surface area contributed by atoms with Crippen LogP contribution in [0.1, 0.15) is 16.9 Å². The van der Waals surface area contributed by atoms with Gasteiger partial charge in [-0.3, -0.25) is 15.1 Å². The zero-order valence-electron chi connectivity index (χ0n) is 17.1. The van der Waals surface area contributed by atoms with Crippen LogP contribution in [0.5, 0.6) is 11.5 Å². The Labute approximate surface area is 178 Å². The number of nitrogens with one attached hydrogen (secondary N) is 3. The van der Waals surface area contributed by atoms with E-state index in [1.165, 1.54) is 17.5 Å².